The summed E-state index contributed by atoms with van der Waals surface area (Å²) in [5.41, 5.74) is 7.62. The smallest absolute Gasteiger partial charge is 0.307 e. The molecule has 1 aliphatic heterocycles. The number of carboxylic acids is 1. The average Bonchev–Trinajstić information content (AvgIpc) is 3.48. The van der Waals surface area contributed by atoms with E-state index in [4.69, 9.17) is 21.3 Å². The van der Waals surface area contributed by atoms with Gasteiger partial charge in [-0.3, -0.25) is 14.7 Å². The molecule has 0 bridgehead atoms. The molecular formula is C33H31ClN6O3. The molecule has 2 aromatic carbocycles. The number of hydrogen-bond donors (Lipinski definition) is 2. The summed E-state index contributed by atoms with van der Waals surface area (Å²) < 4.78 is 5.66. The first-order chi connectivity index (χ1) is 20.8. The van der Waals surface area contributed by atoms with Gasteiger partial charge in [0.15, 0.2) is 5.82 Å². The van der Waals surface area contributed by atoms with Gasteiger partial charge in [0.25, 0.3) is 0 Å². The topological polar surface area (TPSA) is 113 Å². The van der Waals surface area contributed by atoms with E-state index in [0.717, 1.165) is 45.6 Å². The van der Waals surface area contributed by atoms with Crippen molar-refractivity contribution in [2.75, 3.05) is 25.5 Å². The zero-order chi connectivity index (χ0) is 30.1. The third-order valence-corrected chi connectivity index (χ3v) is 8.27. The van der Waals surface area contributed by atoms with Crippen LogP contribution in [0.2, 0.25) is 5.02 Å². The van der Waals surface area contributed by atoms with Crippen LogP contribution in [-0.2, 0) is 11.3 Å². The highest BCUT2D eigenvalue weighted by atomic mass is 35.5. The fourth-order valence-corrected chi connectivity index (χ4v) is 5.96. The molecule has 1 aliphatic rings. The van der Waals surface area contributed by atoms with E-state index in [1.54, 1.807) is 13.3 Å². The summed E-state index contributed by atoms with van der Waals surface area (Å²) in [4.78, 5) is 31.9. The molecule has 0 unspecified atom stereocenters. The van der Waals surface area contributed by atoms with Crippen molar-refractivity contribution in [3.8, 4) is 28.3 Å². The van der Waals surface area contributed by atoms with Gasteiger partial charge in [0.1, 0.15) is 11.3 Å². The molecule has 0 spiro atoms. The number of methoxy groups -OCH3 is 1. The second-order valence-electron chi connectivity index (χ2n) is 10.7. The molecule has 1 fully saturated rings. The number of aromatic nitrogens is 4. The zero-order valence-electron chi connectivity index (χ0n) is 24.1. The first kappa shape index (κ1) is 28.5. The van der Waals surface area contributed by atoms with Crippen LogP contribution in [-0.4, -0.2) is 56.1 Å². The molecule has 6 rings (SSSR count). The minimum Gasteiger partial charge on any atom is -0.481 e. The molecular weight excluding hydrogens is 564 g/mol. The number of halogens is 1. The van der Waals surface area contributed by atoms with E-state index in [1.165, 1.54) is 0 Å². The first-order valence-corrected chi connectivity index (χ1v) is 14.4. The van der Waals surface area contributed by atoms with E-state index in [0.29, 0.717) is 53.3 Å². The summed E-state index contributed by atoms with van der Waals surface area (Å²) in [6, 6.07) is 19.7. The molecule has 9 nitrogen and oxygen atoms in total. The highest BCUT2D eigenvalue weighted by molar-refractivity contribution is 6.36. The normalized spacial score (nSPS) is 15.1. The van der Waals surface area contributed by atoms with Gasteiger partial charge in [-0.25, -0.2) is 15.0 Å². The van der Waals surface area contributed by atoms with E-state index >= 15 is 0 Å². The molecule has 0 radical (unpaired) electrons. The molecule has 1 atom stereocenters. The molecule has 4 heterocycles. The lowest BCUT2D eigenvalue weighted by Gasteiger charge is -2.18. The zero-order valence-corrected chi connectivity index (χ0v) is 24.9. The van der Waals surface area contributed by atoms with Crippen molar-refractivity contribution >= 4 is 40.1 Å². The van der Waals surface area contributed by atoms with Gasteiger partial charge in [0.05, 0.1) is 29.3 Å². The number of pyridine rings is 2. The van der Waals surface area contributed by atoms with Crippen molar-refractivity contribution in [1.29, 1.82) is 0 Å². The van der Waals surface area contributed by atoms with Gasteiger partial charge in [0, 0.05) is 41.7 Å². The molecule has 10 heteroatoms. The number of nitrogens with zero attached hydrogens (tertiary/aromatic N) is 5. The van der Waals surface area contributed by atoms with Crippen LogP contribution < -0.4 is 10.1 Å². The lowest BCUT2D eigenvalue weighted by Crippen LogP contribution is -2.23. The predicted octanol–water partition coefficient (Wildman–Crippen LogP) is 6.68. The van der Waals surface area contributed by atoms with Gasteiger partial charge in [-0.1, -0.05) is 48.0 Å². The van der Waals surface area contributed by atoms with Gasteiger partial charge < -0.3 is 15.2 Å². The quantitative estimate of drug-likeness (QED) is 0.203. The van der Waals surface area contributed by atoms with Crippen molar-refractivity contribution in [1.82, 2.24) is 24.8 Å². The Kier molecular flexibility index (Phi) is 7.92. The molecule has 1 saturated heterocycles. The maximum atomic E-state index is 11.4. The Morgan fingerprint density at radius 2 is 1.81 bits per heavy atom. The van der Waals surface area contributed by atoms with Crippen LogP contribution in [0.25, 0.3) is 33.4 Å². The fourth-order valence-electron chi connectivity index (χ4n) is 5.63. The first-order valence-electron chi connectivity index (χ1n) is 14.1. The highest BCUT2D eigenvalue weighted by Crippen LogP contribution is 2.40. The summed E-state index contributed by atoms with van der Waals surface area (Å²) in [6.45, 7) is 5.73. The summed E-state index contributed by atoms with van der Waals surface area (Å²) in [6.07, 6.45) is 2.38. The Morgan fingerprint density at radius 3 is 2.60 bits per heavy atom. The Labute approximate surface area is 254 Å². The van der Waals surface area contributed by atoms with E-state index in [-0.39, 0.29) is 5.92 Å². The lowest BCUT2D eigenvalue weighted by molar-refractivity contribution is -0.141. The molecule has 218 valence electrons. The number of aliphatic carboxylic acids is 1. The average molecular weight is 595 g/mol. The van der Waals surface area contributed by atoms with Crippen LogP contribution in [0.5, 0.6) is 5.88 Å². The van der Waals surface area contributed by atoms with Crippen molar-refractivity contribution < 1.29 is 14.6 Å². The van der Waals surface area contributed by atoms with Crippen LogP contribution >= 0.6 is 11.6 Å². The largest absolute Gasteiger partial charge is 0.481 e. The number of benzene rings is 2. The fraction of sp³-hybridized carbons (Fsp3) is 0.242. The summed E-state index contributed by atoms with van der Waals surface area (Å²) in [5, 5.41) is 13.4. The minimum atomic E-state index is -0.747. The number of ether oxygens (including phenoxy) is 1. The Balaban J connectivity index is 1.31. The van der Waals surface area contributed by atoms with E-state index in [9.17, 15) is 9.90 Å². The predicted molar refractivity (Wildman–Crippen MR) is 168 cm³/mol. The summed E-state index contributed by atoms with van der Waals surface area (Å²) in [7, 11) is 1.59. The monoisotopic (exact) mass is 594 g/mol. The third-order valence-electron chi connectivity index (χ3n) is 7.87. The van der Waals surface area contributed by atoms with Crippen LogP contribution in [0.4, 0.5) is 11.5 Å². The molecule has 3 aromatic heterocycles. The molecule has 5 aromatic rings. The van der Waals surface area contributed by atoms with Crippen LogP contribution in [0, 0.1) is 19.8 Å². The summed E-state index contributed by atoms with van der Waals surface area (Å²) >= 11 is 7.08. The van der Waals surface area contributed by atoms with Gasteiger partial charge in [0.2, 0.25) is 5.88 Å². The number of hydrogen-bond acceptors (Lipinski definition) is 8. The number of likely N-dealkylation sites (tertiary alicyclic amines) is 1. The van der Waals surface area contributed by atoms with Crippen molar-refractivity contribution in [2.45, 2.75) is 26.8 Å². The number of carbonyl (C=O) groups is 1. The van der Waals surface area contributed by atoms with Crippen molar-refractivity contribution in [2.24, 2.45) is 5.92 Å². The number of rotatable bonds is 8. The maximum Gasteiger partial charge on any atom is 0.307 e. The third kappa shape index (κ3) is 5.74. The number of fused-ring (bicyclic) bond motifs is 1. The standard InChI is InChI=1S/C33H31ClN6O3/c1-19-23(7-5-10-26(19)38-31-30-28(11-6-15-35-30)36-20(2)37-31)24-8-4-9-25(29(24)34)27-13-12-21(32(39-27)43-3)17-40-16-14-22(18-40)33(41)42/h4-13,15,22H,14,16-18H2,1-3H3,(H,41,42)(H,36,37,38)/t22-/m1/s1. The summed E-state index contributed by atoms with van der Waals surface area (Å²) in [5.74, 6) is 0.723. The van der Waals surface area contributed by atoms with Crippen molar-refractivity contribution in [3.63, 3.8) is 0 Å². The maximum absolute atomic E-state index is 11.4. The second-order valence-corrected chi connectivity index (χ2v) is 11.1. The Bertz CT molecular complexity index is 1850. The molecule has 0 aliphatic carbocycles. The van der Waals surface area contributed by atoms with E-state index < -0.39 is 5.97 Å². The van der Waals surface area contributed by atoms with Gasteiger partial charge in [-0.2, -0.15) is 0 Å². The molecule has 0 amide bonds. The van der Waals surface area contributed by atoms with Crippen molar-refractivity contribution in [3.05, 3.63) is 88.8 Å². The lowest BCUT2D eigenvalue weighted by atomic mass is 9.96. The Morgan fingerprint density at radius 1 is 1.02 bits per heavy atom. The van der Waals surface area contributed by atoms with Gasteiger partial charge in [-0.05, 0) is 62.2 Å². The minimum absolute atomic E-state index is 0.335. The van der Waals surface area contributed by atoms with Gasteiger partial charge >= 0.3 is 5.97 Å². The number of aryl methyl sites for hydroxylation is 1. The van der Waals surface area contributed by atoms with Crippen LogP contribution in [0.3, 0.4) is 0 Å². The Hall–Kier alpha value is -4.60. The number of anilines is 2. The number of nitrogens with one attached hydrogen (secondary N) is 1. The highest BCUT2D eigenvalue weighted by Gasteiger charge is 2.28. The molecule has 2 N–H and O–H groups in total. The van der Waals surface area contributed by atoms with Crippen LogP contribution in [0.1, 0.15) is 23.4 Å². The van der Waals surface area contributed by atoms with Gasteiger partial charge in [-0.15, -0.1) is 0 Å². The molecule has 0 saturated carbocycles. The van der Waals surface area contributed by atoms with E-state index in [2.05, 4.69) is 25.2 Å². The second kappa shape index (κ2) is 11.9. The number of carboxylic acid groups (broad SMARTS) is 1. The SMILES string of the molecule is COc1nc(-c2cccc(-c3cccc(Nc4nc(C)nc5cccnc45)c3C)c2Cl)ccc1CN1CC[C@@H](C(=O)O)C1. The molecule has 43 heavy (non-hydrogen) atoms. The van der Waals surface area contributed by atoms with E-state index in [1.807, 2.05) is 74.5 Å². The van der Waals surface area contributed by atoms with Crippen LogP contribution in [0.15, 0.2) is 66.9 Å².